The zero-order valence-corrected chi connectivity index (χ0v) is 16.4. The number of fused-ring (bicyclic) bond motifs is 1. The molecule has 1 atom stereocenters. The van der Waals surface area contributed by atoms with Gasteiger partial charge in [-0.2, -0.15) is 0 Å². The predicted molar refractivity (Wildman–Crippen MR) is 116 cm³/mol. The van der Waals surface area contributed by atoms with Gasteiger partial charge < -0.3 is 15.0 Å². The van der Waals surface area contributed by atoms with E-state index < -0.39 is 0 Å². The average molecular weight is 374 g/mol. The molecule has 4 heteroatoms. The summed E-state index contributed by atoms with van der Waals surface area (Å²) in [6.45, 7) is 3.38. The summed E-state index contributed by atoms with van der Waals surface area (Å²) in [6, 6.07) is 20.5. The van der Waals surface area contributed by atoms with E-state index in [0.29, 0.717) is 17.4 Å². The van der Waals surface area contributed by atoms with Crippen molar-refractivity contribution >= 4 is 28.1 Å². The van der Waals surface area contributed by atoms with Crippen LogP contribution in [-0.2, 0) is 0 Å². The number of nitrogens with zero attached hydrogens (tertiary/aromatic N) is 1. The van der Waals surface area contributed by atoms with Gasteiger partial charge in [-0.25, -0.2) is 0 Å². The smallest absolute Gasteiger partial charge is 0.259 e. The number of methoxy groups -OCH3 is 1. The van der Waals surface area contributed by atoms with E-state index in [-0.39, 0.29) is 5.91 Å². The standard InChI is InChI=1S/C24H26N2O2/c1-17-7-5-6-14-26(17)21-12-10-20(11-13-21)25-24(27)22-15-18-8-3-4-9-19(18)16-23(22)28-2/h3-4,8-13,15-17H,5-7,14H2,1-2H3,(H,25,27)/t17-/m1/s1. The van der Waals surface area contributed by atoms with Gasteiger partial charge in [0.2, 0.25) is 0 Å². The molecule has 1 N–H and O–H groups in total. The molecule has 1 aliphatic rings. The average Bonchev–Trinajstić information content (AvgIpc) is 2.73. The number of rotatable bonds is 4. The van der Waals surface area contributed by atoms with E-state index in [2.05, 4.69) is 29.3 Å². The minimum atomic E-state index is -0.165. The van der Waals surface area contributed by atoms with Gasteiger partial charge in [0, 0.05) is 24.0 Å². The van der Waals surface area contributed by atoms with Crippen LogP contribution in [0.3, 0.4) is 0 Å². The lowest BCUT2D eigenvalue weighted by atomic mass is 10.0. The van der Waals surface area contributed by atoms with Crippen molar-refractivity contribution < 1.29 is 9.53 Å². The Labute approximate surface area is 166 Å². The molecule has 1 heterocycles. The molecule has 28 heavy (non-hydrogen) atoms. The van der Waals surface area contributed by atoms with Crippen LogP contribution in [0.4, 0.5) is 11.4 Å². The molecule has 1 amide bonds. The van der Waals surface area contributed by atoms with Crippen LogP contribution < -0.4 is 15.0 Å². The third-order valence-electron chi connectivity index (χ3n) is 5.57. The molecular formula is C24H26N2O2. The molecule has 0 spiro atoms. The van der Waals surface area contributed by atoms with Crippen LogP contribution in [0.5, 0.6) is 5.75 Å². The Balaban J connectivity index is 1.54. The molecule has 4 rings (SSSR count). The van der Waals surface area contributed by atoms with Crippen LogP contribution in [0, 0.1) is 0 Å². The number of anilines is 2. The van der Waals surface area contributed by atoms with Crippen LogP contribution in [-0.4, -0.2) is 25.6 Å². The second-order valence-corrected chi connectivity index (χ2v) is 7.44. The van der Waals surface area contributed by atoms with E-state index in [1.54, 1.807) is 7.11 Å². The van der Waals surface area contributed by atoms with Gasteiger partial charge in [0.15, 0.2) is 0 Å². The van der Waals surface area contributed by atoms with Crippen LogP contribution in [0.2, 0.25) is 0 Å². The van der Waals surface area contributed by atoms with Gasteiger partial charge in [0.25, 0.3) is 5.91 Å². The van der Waals surface area contributed by atoms with Gasteiger partial charge >= 0.3 is 0 Å². The van der Waals surface area contributed by atoms with Gasteiger partial charge in [-0.05, 0) is 73.4 Å². The number of hydrogen-bond acceptors (Lipinski definition) is 3. The first kappa shape index (κ1) is 18.4. The van der Waals surface area contributed by atoms with Crippen molar-refractivity contribution in [3.05, 3.63) is 66.2 Å². The minimum absolute atomic E-state index is 0.165. The van der Waals surface area contributed by atoms with Crippen molar-refractivity contribution in [2.45, 2.75) is 32.2 Å². The highest BCUT2D eigenvalue weighted by Gasteiger charge is 2.19. The molecule has 3 aromatic carbocycles. The van der Waals surface area contributed by atoms with Crippen LogP contribution in [0.15, 0.2) is 60.7 Å². The van der Waals surface area contributed by atoms with E-state index >= 15 is 0 Å². The first-order valence-corrected chi connectivity index (χ1v) is 9.90. The Morgan fingerprint density at radius 3 is 2.43 bits per heavy atom. The van der Waals surface area contributed by atoms with E-state index in [1.165, 1.54) is 24.9 Å². The molecule has 1 aliphatic heterocycles. The minimum Gasteiger partial charge on any atom is -0.496 e. The highest BCUT2D eigenvalue weighted by Crippen LogP contribution is 2.28. The largest absolute Gasteiger partial charge is 0.496 e. The summed E-state index contributed by atoms with van der Waals surface area (Å²) in [6.07, 6.45) is 3.78. The summed E-state index contributed by atoms with van der Waals surface area (Å²) in [5.41, 5.74) is 2.54. The van der Waals surface area contributed by atoms with Crippen LogP contribution >= 0.6 is 0 Å². The topological polar surface area (TPSA) is 41.6 Å². The maximum Gasteiger partial charge on any atom is 0.259 e. The van der Waals surface area contributed by atoms with Gasteiger partial charge in [-0.1, -0.05) is 24.3 Å². The van der Waals surface area contributed by atoms with Gasteiger partial charge in [0.1, 0.15) is 5.75 Å². The molecule has 0 aliphatic carbocycles. The predicted octanol–water partition coefficient (Wildman–Crippen LogP) is 5.48. The number of benzene rings is 3. The zero-order chi connectivity index (χ0) is 19.5. The summed E-state index contributed by atoms with van der Waals surface area (Å²) in [4.78, 5) is 15.3. The second kappa shape index (κ2) is 7.93. The van der Waals surface area contributed by atoms with E-state index in [1.807, 2.05) is 48.5 Å². The molecular weight excluding hydrogens is 348 g/mol. The molecule has 0 saturated carbocycles. The fourth-order valence-corrected chi connectivity index (χ4v) is 3.98. The number of carbonyl (C=O) groups is 1. The maximum atomic E-state index is 12.9. The lowest BCUT2D eigenvalue weighted by Crippen LogP contribution is -2.37. The fourth-order valence-electron chi connectivity index (χ4n) is 3.98. The molecule has 0 aromatic heterocycles. The normalized spacial score (nSPS) is 16.8. The summed E-state index contributed by atoms with van der Waals surface area (Å²) >= 11 is 0. The lowest BCUT2D eigenvalue weighted by molar-refractivity contribution is 0.102. The van der Waals surface area contributed by atoms with Crippen molar-refractivity contribution in [3.63, 3.8) is 0 Å². The molecule has 0 unspecified atom stereocenters. The quantitative estimate of drug-likeness (QED) is 0.657. The third-order valence-corrected chi connectivity index (χ3v) is 5.57. The number of nitrogens with one attached hydrogen (secondary N) is 1. The highest BCUT2D eigenvalue weighted by molar-refractivity contribution is 6.08. The van der Waals surface area contributed by atoms with E-state index in [4.69, 9.17) is 4.74 Å². The maximum absolute atomic E-state index is 12.9. The Morgan fingerprint density at radius 1 is 1.04 bits per heavy atom. The second-order valence-electron chi connectivity index (χ2n) is 7.44. The molecule has 1 fully saturated rings. The summed E-state index contributed by atoms with van der Waals surface area (Å²) in [5, 5.41) is 5.07. The van der Waals surface area contributed by atoms with Gasteiger partial charge in [-0.15, -0.1) is 0 Å². The SMILES string of the molecule is COc1cc2ccccc2cc1C(=O)Nc1ccc(N2CCCC[C@H]2C)cc1. The zero-order valence-electron chi connectivity index (χ0n) is 16.4. The molecule has 0 bridgehead atoms. The first-order chi connectivity index (χ1) is 13.7. The molecule has 4 nitrogen and oxygen atoms in total. The number of hydrogen-bond donors (Lipinski definition) is 1. The monoisotopic (exact) mass is 374 g/mol. The molecule has 3 aromatic rings. The number of carbonyl (C=O) groups excluding carboxylic acids is 1. The number of ether oxygens (including phenoxy) is 1. The summed E-state index contributed by atoms with van der Waals surface area (Å²) in [5.74, 6) is 0.414. The molecule has 1 saturated heterocycles. The Kier molecular flexibility index (Phi) is 5.20. The van der Waals surface area contributed by atoms with Crippen molar-refractivity contribution in [1.82, 2.24) is 0 Å². The highest BCUT2D eigenvalue weighted by atomic mass is 16.5. The Bertz CT molecular complexity index is 982. The van der Waals surface area contributed by atoms with E-state index in [0.717, 1.165) is 23.0 Å². The first-order valence-electron chi connectivity index (χ1n) is 9.90. The number of amides is 1. The van der Waals surface area contributed by atoms with Crippen molar-refractivity contribution in [2.24, 2.45) is 0 Å². The van der Waals surface area contributed by atoms with E-state index in [9.17, 15) is 4.79 Å². The van der Waals surface area contributed by atoms with Crippen molar-refractivity contribution in [3.8, 4) is 5.75 Å². The van der Waals surface area contributed by atoms with Crippen molar-refractivity contribution in [2.75, 3.05) is 23.9 Å². The Morgan fingerprint density at radius 2 is 1.75 bits per heavy atom. The summed E-state index contributed by atoms with van der Waals surface area (Å²) < 4.78 is 5.46. The Hall–Kier alpha value is -3.01. The van der Waals surface area contributed by atoms with Gasteiger partial charge in [-0.3, -0.25) is 4.79 Å². The van der Waals surface area contributed by atoms with Crippen molar-refractivity contribution in [1.29, 1.82) is 0 Å². The number of piperidine rings is 1. The third kappa shape index (κ3) is 3.68. The van der Waals surface area contributed by atoms with Crippen LogP contribution in [0.1, 0.15) is 36.5 Å². The van der Waals surface area contributed by atoms with Gasteiger partial charge in [0.05, 0.1) is 12.7 Å². The molecule has 144 valence electrons. The fraction of sp³-hybridized carbons (Fsp3) is 0.292. The lowest BCUT2D eigenvalue weighted by Gasteiger charge is -2.35. The van der Waals surface area contributed by atoms with Crippen LogP contribution in [0.25, 0.3) is 10.8 Å². The molecule has 0 radical (unpaired) electrons. The summed E-state index contributed by atoms with van der Waals surface area (Å²) in [7, 11) is 1.59.